The monoisotopic (exact) mass is 261 g/mol. The molecule has 1 aliphatic rings. The number of carbonyl (C=O) groups is 1. The normalized spacial score (nSPS) is 25.1. The van der Waals surface area contributed by atoms with Crippen LogP contribution in [-0.2, 0) is 15.1 Å². The molecule has 102 valence electrons. The van der Waals surface area contributed by atoms with E-state index >= 15 is 0 Å². The molecule has 1 aromatic rings. The molecule has 0 radical (unpaired) electrons. The molecule has 19 heavy (non-hydrogen) atoms. The third-order valence-electron chi connectivity index (χ3n) is 3.57. The second kappa shape index (κ2) is 5.45. The van der Waals surface area contributed by atoms with Gasteiger partial charge in [0.1, 0.15) is 5.75 Å². The van der Waals surface area contributed by atoms with Gasteiger partial charge >= 0.3 is 5.97 Å². The van der Waals surface area contributed by atoms with E-state index < -0.39 is 5.54 Å². The van der Waals surface area contributed by atoms with Gasteiger partial charge in [-0.3, -0.25) is 5.32 Å². The van der Waals surface area contributed by atoms with Crippen molar-refractivity contribution in [1.82, 2.24) is 5.32 Å². The molecule has 0 spiro atoms. The number of methoxy groups -OCH3 is 1. The van der Waals surface area contributed by atoms with E-state index in [1.807, 2.05) is 31.2 Å². The second-order valence-corrected chi connectivity index (χ2v) is 4.68. The molecule has 1 aliphatic heterocycles. The number of fused-ring (bicyclic) bond motifs is 1. The predicted octanol–water partition coefficient (Wildman–Crippen LogP) is 1.86. The Morgan fingerprint density at radius 2 is 2.37 bits per heavy atom. The maximum Gasteiger partial charge on any atom is 0.331 e. The minimum atomic E-state index is -0.877. The van der Waals surface area contributed by atoms with Crippen molar-refractivity contribution in [3.05, 3.63) is 42.5 Å². The van der Waals surface area contributed by atoms with Crippen LogP contribution < -0.4 is 10.1 Å². The van der Waals surface area contributed by atoms with Gasteiger partial charge < -0.3 is 9.47 Å². The second-order valence-electron chi connectivity index (χ2n) is 4.68. The summed E-state index contributed by atoms with van der Waals surface area (Å²) in [7, 11) is 1.41. The van der Waals surface area contributed by atoms with Gasteiger partial charge in [0.25, 0.3) is 0 Å². The van der Waals surface area contributed by atoms with Crippen LogP contribution in [0.25, 0.3) is 0 Å². The topological polar surface area (TPSA) is 47.6 Å². The molecular formula is C15H19NO3. The fraction of sp³-hybridized carbons (Fsp3) is 0.400. The number of carbonyl (C=O) groups excluding carboxylic acids is 1. The molecule has 2 unspecified atom stereocenters. The summed E-state index contributed by atoms with van der Waals surface area (Å²) in [6.07, 6.45) is 1.73. The van der Waals surface area contributed by atoms with Gasteiger partial charge in [-0.2, -0.15) is 0 Å². The molecule has 4 heteroatoms. The lowest BCUT2D eigenvalue weighted by molar-refractivity contribution is -0.153. The summed E-state index contributed by atoms with van der Waals surface area (Å²) in [5.74, 6) is 0.398. The van der Waals surface area contributed by atoms with Gasteiger partial charge in [-0.15, -0.1) is 6.58 Å². The quantitative estimate of drug-likeness (QED) is 0.664. The van der Waals surface area contributed by atoms with Crippen molar-refractivity contribution in [2.24, 2.45) is 5.92 Å². The van der Waals surface area contributed by atoms with Gasteiger partial charge in [0.15, 0.2) is 5.54 Å². The summed E-state index contributed by atoms with van der Waals surface area (Å²) in [4.78, 5) is 12.4. The Hall–Kier alpha value is -1.81. The zero-order valence-electron chi connectivity index (χ0n) is 11.3. The summed E-state index contributed by atoms with van der Waals surface area (Å²) in [6, 6.07) is 7.56. The number of benzene rings is 1. The molecule has 0 amide bonds. The molecule has 2 rings (SSSR count). The summed E-state index contributed by atoms with van der Waals surface area (Å²) in [5, 5.41) is 3.27. The lowest BCUT2D eigenvalue weighted by Gasteiger charge is -2.41. The molecule has 0 bridgehead atoms. The van der Waals surface area contributed by atoms with E-state index in [2.05, 4.69) is 11.9 Å². The summed E-state index contributed by atoms with van der Waals surface area (Å²) in [6.45, 7) is 6.66. The van der Waals surface area contributed by atoms with Gasteiger partial charge in [-0.25, -0.2) is 4.79 Å². The smallest absolute Gasteiger partial charge is 0.331 e. The van der Waals surface area contributed by atoms with Crippen LogP contribution in [0.4, 0.5) is 0 Å². The highest BCUT2D eigenvalue weighted by molar-refractivity contribution is 5.84. The highest BCUT2D eigenvalue weighted by Crippen LogP contribution is 2.41. The third kappa shape index (κ3) is 2.12. The van der Waals surface area contributed by atoms with Gasteiger partial charge in [-0.05, 0) is 6.07 Å². The van der Waals surface area contributed by atoms with Crippen LogP contribution in [-0.4, -0.2) is 26.2 Å². The van der Waals surface area contributed by atoms with Crippen molar-refractivity contribution < 1.29 is 14.3 Å². The van der Waals surface area contributed by atoms with Crippen LogP contribution >= 0.6 is 0 Å². The lowest BCUT2D eigenvalue weighted by atomic mass is 9.77. The van der Waals surface area contributed by atoms with E-state index in [1.165, 1.54) is 7.11 Å². The number of hydrogen-bond donors (Lipinski definition) is 1. The minimum absolute atomic E-state index is 0.0326. The Morgan fingerprint density at radius 3 is 3.05 bits per heavy atom. The highest BCUT2D eigenvalue weighted by atomic mass is 16.5. The lowest BCUT2D eigenvalue weighted by Crippen LogP contribution is -2.57. The Balaban J connectivity index is 2.56. The average molecular weight is 261 g/mol. The maximum atomic E-state index is 12.4. The van der Waals surface area contributed by atoms with Crippen molar-refractivity contribution >= 4 is 5.97 Å². The minimum Gasteiger partial charge on any atom is -0.493 e. The molecule has 1 aromatic carbocycles. The Morgan fingerprint density at radius 1 is 1.63 bits per heavy atom. The Labute approximate surface area is 113 Å². The first-order chi connectivity index (χ1) is 9.16. The molecule has 2 atom stereocenters. The number of ether oxygens (including phenoxy) is 2. The first kappa shape index (κ1) is 13.6. The van der Waals surface area contributed by atoms with Crippen LogP contribution in [0.15, 0.2) is 36.9 Å². The zero-order chi connectivity index (χ0) is 13.9. The van der Waals surface area contributed by atoms with Crippen LogP contribution in [0.3, 0.4) is 0 Å². The maximum absolute atomic E-state index is 12.4. The number of para-hydroxylation sites is 1. The van der Waals surface area contributed by atoms with E-state index in [-0.39, 0.29) is 11.9 Å². The van der Waals surface area contributed by atoms with E-state index in [1.54, 1.807) is 6.08 Å². The highest BCUT2D eigenvalue weighted by Gasteiger charge is 2.50. The molecule has 0 saturated carbocycles. The SMILES string of the molecule is C=CCNC1(C(=O)OC)c2ccccc2OCC1C. The molecular weight excluding hydrogens is 242 g/mol. The summed E-state index contributed by atoms with van der Waals surface area (Å²) < 4.78 is 10.7. The molecule has 0 aliphatic carbocycles. The molecule has 0 aromatic heterocycles. The van der Waals surface area contributed by atoms with Crippen LogP contribution in [0.5, 0.6) is 5.75 Å². The summed E-state index contributed by atoms with van der Waals surface area (Å²) >= 11 is 0. The van der Waals surface area contributed by atoms with Crippen molar-refractivity contribution in [2.75, 3.05) is 20.3 Å². The standard InChI is InChI=1S/C15H19NO3/c1-4-9-16-15(14(17)18-3)11(2)10-19-13-8-6-5-7-12(13)15/h4-8,11,16H,1,9-10H2,2-3H3. The van der Waals surface area contributed by atoms with E-state index in [0.717, 1.165) is 11.3 Å². The van der Waals surface area contributed by atoms with E-state index in [9.17, 15) is 4.79 Å². The molecule has 1 heterocycles. The molecule has 4 nitrogen and oxygen atoms in total. The molecule has 1 N–H and O–H groups in total. The van der Waals surface area contributed by atoms with Crippen LogP contribution in [0.1, 0.15) is 12.5 Å². The van der Waals surface area contributed by atoms with Gasteiger partial charge in [-0.1, -0.05) is 31.2 Å². The van der Waals surface area contributed by atoms with Gasteiger partial charge in [0.05, 0.1) is 13.7 Å². The predicted molar refractivity (Wildman–Crippen MR) is 73.0 cm³/mol. The first-order valence-electron chi connectivity index (χ1n) is 6.33. The number of nitrogens with one attached hydrogen (secondary N) is 1. The third-order valence-corrected chi connectivity index (χ3v) is 3.57. The summed E-state index contributed by atoms with van der Waals surface area (Å²) in [5.41, 5.74) is -0.0555. The van der Waals surface area contributed by atoms with Crippen molar-refractivity contribution in [3.8, 4) is 5.75 Å². The van der Waals surface area contributed by atoms with Crippen molar-refractivity contribution in [2.45, 2.75) is 12.5 Å². The number of rotatable bonds is 4. The van der Waals surface area contributed by atoms with Crippen LogP contribution in [0, 0.1) is 5.92 Å². The fourth-order valence-corrected chi connectivity index (χ4v) is 2.57. The van der Waals surface area contributed by atoms with Crippen molar-refractivity contribution in [3.63, 3.8) is 0 Å². The zero-order valence-corrected chi connectivity index (χ0v) is 11.3. The Bertz CT molecular complexity index is 486. The van der Waals surface area contributed by atoms with Gasteiger partial charge in [0.2, 0.25) is 0 Å². The largest absolute Gasteiger partial charge is 0.493 e. The number of hydrogen-bond acceptors (Lipinski definition) is 4. The fourth-order valence-electron chi connectivity index (χ4n) is 2.57. The van der Waals surface area contributed by atoms with Crippen LogP contribution in [0.2, 0.25) is 0 Å². The van der Waals surface area contributed by atoms with Gasteiger partial charge in [0, 0.05) is 18.0 Å². The first-order valence-corrected chi connectivity index (χ1v) is 6.33. The van der Waals surface area contributed by atoms with E-state index in [4.69, 9.17) is 9.47 Å². The number of esters is 1. The molecule has 0 fully saturated rings. The average Bonchev–Trinajstić information content (AvgIpc) is 2.46. The molecule has 0 saturated heterocycles. The van der Waals surface area contributed by atoms with E-state index in [0.29, 0.717) is 13.2 Å². The van der Waals surface area contributed by atoms with Crippen molar-refractivity contribution in [1.29, 1.82) is 0 Å². The Kier molecular flexibility index (Phi) is 3.90.